The zero-order valence-corrected chi connectivity index (χ0v) is 6.05. The van der Waals surface area contributed by atoms with Gasteiger partial charge < -0.3 is 4.74 Å². The van der Waals surface area contributed by atoms with Crippen LogP contribution in [0, 0.1) is 0 Å². The van der Waals surface area contributed by atoms with Crippen molar-refractivity contribution in [3.8, 4) is 0 Å². The van der Waals surface area contributed by atoms with Crippen molar-refractivity contribution in [3.05, 3.63) is 12.2 Å². The van der Waals surface area contributed by atoms with Crippen LogP contribution in [0.3, 0.4) is 0 Å². The highest BCUT2D eigenvalue weighted by Crippen LogP contribution is 2.08. The Balaban J connectivity index is 3.84. The van der Waals surface area contributed by atoms with Crippen molar-refractivity contribution in [1.82, 2.24) is 0 Å². The number of hydrogen-bond acceptors (Lipinski definition) is 2. The van der Waals surface area contributed by atoms with Gasteiger partial charge in [0, 0.05) is 0 Å². The number of rotatable bonds is 3. The highest BCUT2D eigenvalue weighted by Gasteiger charge is 2.11. The molecule has 2 nitrogen and oxygen atoms in total. The normalized spacial score (nSPS) is 11.9. The Morgan fingerprint density at radius 2 is 2.00 bits per heavy atom. The van der Waals surface area contributed by atoms with Gasteiger partial charge >= 0.3 is 0 Å². The zero-order valence-electron chi connectivity index (χ0n) is 6.05. The van der Waals surface area contributed by atoms with Gasteiger partial charge in [-0.15, -0.1) is 0 Å². The quantitative estimate of drug-likeness (QED) is 0.425. The molecule has 0 rings (SSSR count). The van der Waals surface area contributed by atoms with Crippen molar-refractivity contribution in [2.24, 2.45) is 0 Å². The van der Waals surface area contributed by atoms with Gasteiger partial charge in [-0.05, 0) is 26.8 Å². The van der Waals surface area contributed by atoms with E-state index in [4.69, 9.17) is 4.74 Å². The first-order chi connectivity index (χ1) is 4.12. The van der Waals surface area contributed by atoms with Crippen LogP contribution in [-0.2, 0) is 9.53 Å². The van der Waals surface area contributed by atoms with Gasteiger partial charge in [0.15, 0.2) is 0 Å². The molecule has 0 fully saturated rings. The van der Waals surface area contributed by atoms with Crippen LogP contribution in [0.5, 0.6) is 0 Å². The second-order valence-corrected chi connectivity index (χ2v) is 2.32. The van der Waals surface area contributed by atoms with Crippen LogP contribution in [-0.4, -0.2) is 12.1 Å². The molecular weight excluding hydrogens is 116 g/mol. The molecule has 52 valence electrons. The maximum atomic E-state index is 9.84. The van der Waals surface area contributed by atoms with Crippen LogP contribution in [0.2, 0.25) is 0 Å². The summed E-state index contributed by atoms with van der Waals surface area (Å²) in [5, 5.41) is 0. The van der Waals surface area contributed by atoms with E-state index in [1.54, 1.807) is 0 Å². The van der Waals surface area contributed by atoms with Gasteiger partial charge in [-0.2, -0.15) is 0 Å². The second kappa shape index (κ2) is 3.28. The largest absolute Gasteiger partial charge is 0.458 e. The molecule has 2 heteroatoms. The number of allylic oxidation sites excluding steroid dienone is 1. The fourth-order valence-corrected chi connectivity index (χ4v) is 0.565. The Morgan fingerprint density at radius 3 is 2.33 bits per heavy atom. The molecule has 0 amide bonds. The molecule has 0 aromatic heterocycles. The minimum atomic E-state index is -0.448. The van der Waals surface area contributed by atoms with Crippen molar-refractivity contribution in [2.45, 2.75) is 26.4 Å². The molecule has 0 atom stereocenters. The lowest BCUT2D eigenvalue weighted by molar-refractivity contribution is -0.136. The third-order valence-corrected chi connectivity index (χ3v) is 0.920. The molecule has 0 saturated heterocycles. The molecule has 0 aliphatic rings. The Hall–Kier alpha value is -0.790. The zero-order chi connectivity index (χ0) is 7.33. The summed E-state index contributed by atoms with van der Waals surface area (Å²) in [6.45, 7) is 5.98. The fraction of sp³-hybridized carbons (Fsp3) is 0.571. The molecule has 0 aliphatic heterocycles. The maximum absolute atomic E-state index is 9.84. The Labute approximate surface area is 55.5 Å². The van der Waals surface area contributed by atoms with Crippen LogP contribution in [0.4, 0.5) is 0 Å². The summed E-state index contributed by atoms with van der Waals surface area (Å²) in [5.41, 5.74) is -0.448. The number of carbonyl (C=O) groups is 1. The van der Waals surface area contributed by atoms with E-state index in [0.717, 1.165) is 0 Å². The molecule has 0 N–H and O–H groups in total. The van der Waals surface area contributed by atoms with Gasteiger partial charge in [-0.25, -0.2) is 0 Å². The van der Waals surface area contributed by atoms with E-state index in [9.17, 15) is 4.79 Å². The van der Waals surface area contributed by atoms with Crippen LogP contribution >= 0.6 is 0 Å². The summed E-state index contributed by atoms with van der Waals surface area (Å²) < 4.78 is 4.70. The lowest BCUT2D eigenvalue weighted by atomic mass is 10.1. The topological polar surface area (TPSA) is 26.3 Å². The van der Waals surface area contributed by atoms with E-state index in [-0.39, 0.29) is 0 Å². The van der Waals surface area contributed by atoms with E-state index in [1.807, 2.05) is 32.9 Å². The fourth-order valence-electron chi connectivity index (χ4n) is 0.565. The molecular formula is C7H12O2. The monoisotopic (exact) mass is 128 g/mol. The molecule has 9 heavy (non-hydrogen) atoms. The SMILES string of the molecule is CC=CC(C)(C)OC=O. The first kappa shape index (κ1) is 8.21. The Morgan fingerprint density at radius 1 is 1.44 bits per heavy atom. The van der Waals surface area contributed by atoms with E-state index < -0.39 is 5.60 Å². The van der Waals surface area contributed by atoms with Crippen molar-refractivity contribution in [3.63, 3.8) is 0 Å². The van der Waals surface area contributed by atoms with Crippen LogP contribution in [0.1, 0.15) is 20.8 Å². The first-order valence-electron chi connectivity index (χ1n) is 2.87. The summed E-state index contributed by atoms with van der Waals surface area (Å²) in [5.74, 6) is 0. The molecule has 0 radical (unpaired) electrons. The summed E-state index contributed by atoms with van der Waals surface area (Å²) in [4.78, 5) is 9.84. The Bertz CT molecular complexity index is 114. The van der Waals surface area contributed by atoms with Gasteiger partial charge in [0.05, 0.1) is 0 Å². The van der Waals surface area contributed by atoms with Gasteiger partial charge in [0.1, 0.15) is 5.60 Å². The minimum Gasteiger partial charge on any atom is -0.458 e. The summed E-state index contributed by atoms with van der Waals surface area (Å²) in [6, 6.07) is 0. The van der Waals surface area contributed by atoms with E-state index in [2.05, 4.69) is 0 Å². The highest BCUT2D eigenvalue weighted by molar-refractivity contribution is 5.38. The average Bonchev–Trinajstić information content (AvgIpc) is 1.64. The first-order valence-corrected chi connectivity index (χ1v) is 2.87. The molecule has 0 unspecified atom stereocenters. The maximum Gasteiger partial charge on any atom is 0.293 e. The summed E-state index contributed by atoms with van der Waals surface area (Å²) in [7, 11) is 0. The lowest BCUT2D eigenvalue weighted by Crippen LogP contribution is -2.19. The number of carbonyl (C=O) groups excluding carboxylic acids is 1. The van der Waals surface area contributed by atoms with Gasteiger partial charge in [0.25, 0.3) is 6.47 Å². The third kappa shape index (κ3) is 3.76. The van der Waals surface area contributed by atoms with E-state index >= 15 is 0 Å². The van der Waals surface area contributed by atoms with Crippen molar-refractivity contribution < 1.29 is 9.53 Å². The third-order valence-electron chi connectivity index (χ3n) is 0.920. The van der Waals surface area contributed by atoms with Crippen molar-refractivity contribution >= 4 is 6.47 Å². The molecule has 0 aliphatic carbocycles. The average molecular weight is 128 g/mol. The summed E-state index contributed by atoms with van der Waals surface area (Å²) in [6.07, 6.45) is 3.67. The number of ether oxygens (including phenoxy) is 1. The van der Waals surface area contributed by atoms with Crippen molar-refractivity contribution in [2.75, 3.05) is 0 Å². The van der Waals surface area contributed by atoms with Gasteiger partial charge in [-0.1, -0.05) is 6.08 Å². The van der Waals surface area contributed by atoms with Gasteiger partial charge in [0.2, 0.25) is 0 Å². The van der Waals surface area contributed by atoms with Crippen LogP contribution in [0.25, 0.3) is 0 Å². The van der Waals surface area contributed by atoms with Crippen LogP contribution < -0.4 is 0 Å². The lowest BCUT2D eigenvalue weighted by Gasteiger charge is -2.16. The predicted molar refractivity (Wildman–Crippen MR) is 36.0 cm³/mol. The van der Waals surface area contributed by atoms with E-state index in [1.165, 1.54) is 0 Å². The predicted octanol–water partition coefficient (Wildman–Crippen LogP) is 1.51. The Kier molecular flexibility index (Phi) is 2.99. The second-order valence-electron chi connectivity index (χ2n) is 2.32. The molecule has 0 saturated carbocycles. The highest BCUT2D eigenvalue weighted by atomic mass is 16.5. The van der Waals surface area contributed by atoms with Crippen molar-refractivity contribution in [1.29, 1.82) is 0 Å². The van der Waals surface area contributed by atoms with Crippen LogP contribution in [0.15, 0.2) is 12.2 Å². The van der Waals surface area contributed by atoms with Gasteiger partial charge in [-0.3, -0.25) is 4.79 Å². The number of hydrogen-bond donors (Lipinski definition) is 0. The van der Waals surface area contributed by atoms with E-state index in [0.29, 0.717) is 6.47 Å². The molecule has 0 spiro atoms. The standard InChI is InChI=1S/C7H12O2/c1-4-5-7(2,3)9-6-8/h4-6H,1-3H3. The molecule has 0 bridgehead atoms. The molecule has 0 aromatic rings. The smallest absolute Gasteiger partial charge is 0.293 e. The molecule has 0 heterocycles. The summed E-state index contributed by atoms with van der Waals surface area (Å²) >= 11 is 0. The minimum absolute atomic E-state index is 0.448. The molecule has 0 aromatic carbocycles.